The Labute approximate surface area is 96.7 Å². The number of halogens is 1. The lowest BCUT2D eigenvalue weighted by molar-refractivity contribution is 0.112. The molecule has 0 amide bonds. The molecule has 0 aliphatic rings. The molecule has 0 aliphatic carbocycles. The van der Waals surface area contributed by atoms with Crippen LogP contribution in [0, 0.1) is 0 Å². The maximum absolute atomic E-state index is 10.5. The molecule has 1 aromatic heterocycles. The second-order valence-corrected chi connectivity index (χ2v) is 4.35. The first-order valence-corrected chi connectivity index (χ1v) is 5.59. The maximum atomic E-state index is 10.5. The van der Waals surface area contributed by atoms with E-state index in [-0.39, 0.29) is 0 Å². The molecule has 15 heavy (non-hydrogen) atoms. The Morgan fingerprint density at radius 2 is 2.20 bits per heavy atom. The van der Waals surface area contributed by atoms with Gasteiger partial charge in [0.15, 0.2) is 6.29 Å². The fourth-order valence-electron chi connectivity index (χ4n) is 1.30. The van der Waals surface area contributed by atoms with Gasteiger partial charge in [-0.25, -0.2) is 0 Å². The van der Waals surface area contributed by atoms with Crippen LogP contribution in [0.25, 0.3) is 0 Å². The first-order chi connectivity index (χ1) is 7.29. The Hall–Kier alpha value is -1.19. The molecule has 0 N–H and O–H groups in total. The van der Waals surface area contributed by atoms with E-state index < -0.39 is 0 Å². The smallest absolute Gasteiger partial charge is 0.161 e. The molecule has 0 bridgehead atoms. The molecule has 0 radical (unpaired) electrons. The van der Waals surface area contributed by atoms with Crippen LogP contribution in [0.1, 0.15) is 20.9 Å². The van der Waals surface area contributed by atoms with Crippen LogP contribution in [0.5, 0.6) is 0 Å². The highest BCUT2D eigenvalue weighted by Gasteiger charge is 2.04. The SMILES string of the molecule is O=Cc1cc(Cc2ccccc2Cl)ns1. The Morgan fingerprint density at radius 1 is 1.40 bits per heavy atom. The quantitative estimate of drug-likeness (QED) is 0.768. The number of carbonyl (C=O) groups excluding carboxylic acids is 1. The molecule has 0 fully saturated rings. The van der Waals surface area contributed by atoms with Gasteiger partial charge in [0.05, 0.1) is 10.6 Å². The molecule has 0 aliphatic heterocycles. The number of hydrogen-bond donors (Lipinski definition) is 0. The van der Waals surface area contributed by atoms with Crippen molar-refractivity contribution in [3.05, 3.63) is 51.5 Å². The number of hydrogen-bond acceptors (Lipinski definition) is 3. The van der Waals surface area contributed by atoms with E-state index in [4.69, 9.17) is 11.6 Å². The second-order valence-electron chi connectivity index (χ2n) is 3.11. The molecule has 0 unspecified atom stereocenters. The van der Waals surface area contributed by atoms with Crippen molar-refractivity contribution >= 4 is 29.4 Å². The van der Waals surface area contributed by atoms with Gasteiger partial charge in [0.1, 0.15) is 0 Å². The summed E-state index contributed by atoms with van der Waals surface area (Å²) in [6, 6.07) is 9.44. The minimum Gasteiger partial charge on any atom is -0.297 e. The van der Waals surface area contributed by atoms with E-state index >= 15 is 0 Å². The lowest BCUT2D eigenvalue weighted by atomic mass is 10.1. The predicted octanol–water partition coefficient (Wildman–Crippen LogP) is 3.20. The first kappa shape index (κ1) is 10.3. The standard InChI is InChI=1S/C11H8ClNOS/c12-11-4-2-1-3-8(11)5-9-6-10(7-14)15-13-9/h1-4,6-7H,5H2. The van der Waals surface area contributed by atoms with Crippen LogP contribution in [0.4, 0.5) is 0 Å². The fraction of sp³-hybridized carbons (Fsp3) is 0.0909. The van der Waals surface area contributed by atoms with Crippen molar-refractivity contribution in [2.75, 3.05) is 0 Å². The van der Waals surface area contributed by atoms with Crippen LogP contribution in [-0.2, 0) is 6.42 Å². The van der Waals surface area contributed by atoms with Gasteiger partial charge in [0.2, 0.25) is 0 Å². The van der Waals surface area contributed by atoms with E-state index in [2.05, 4.69) is 4.37 Å². The molecule has 0 atom stereocenters. The van der Waals surface area contributed by atoms with Gasteiger partial charge in [-0.15, -0.1) is 0 Å². The van der Waals surface area contributed by atoms with Crippen molar-refractivity contribution < 1.29 is 4.79 Å². The Morgan fingerprint density at radius 3 is 2.87 bits per heavy atom. The molecule has 0 spiro atoms. The maximum Gasteiger partial charge on any atom is 0.161 e. The Bertz CT molecular complexity index is 481. The van der Waals surface area contributed by atoms with Crippen LogP contribution in [0.15, 0.2) is 30.3 Å². The van der Waals surface area contributed by atoms with Gasteiger partial charge in [-0.05, 0) is 29.2 Å². The molecule has 2 aromatic rings. The third-order valence-corrected chi connectivity index (χ3v) is 3.14. The second kappa shape index (κ2) is 4.55. The molecular formula is C11H8ClNOS. The molecule has 1 heterocycles. The zero-order valence-electron chi connectivity index (χ0n) is 7.81. The molecule has 2 rings (SSSR count). The summed E-state index contributed by atoms with van der Waals surface area (Å²) >= 11 is 7.23. The molecule has 0 saturated carbocycles. The average Bonchev–Trinajstić information content (AvgIpc) is 2.69. The summed E-state index contributed by atoms with van der Waals surface area (Å²) < 4.78 is 4.18. The third kappa shape index (κ3) is 2.43. The number of nitrogens with zero attached hydrogens (tertiary/aromatic N) is 1. The predicted molar refractivity (Wildman–Crippen MR) is 61.8 cm³/mol. The van der Waals surface area contributed by atoms with E-state index in [0.29, 0.717) is 11.3 Å². The minimum absolute atomic E-state index is 0.650. The van der Waals surface area contributed by atoms with E-state index in [0.717, 1.165) is 22.6 Å². The van der Waals surface area contributed by atoms with E-state index in [9.17, 15) is 4.79 Å². The summed E-state index contributed by atoms with van der Waals surface area (Å²) in [4.78, 5) is 11.1. The highest BCUT2D eigenvalue weighted by atomic mass is 35.5. The molecule has 76 valence electrons. The summed E-state index contributed by atoms with van der Waals surface area (Å²) in [6.45, 7) is 0. The van der Waals surface area contributed by atoms with Crippen molar-refractivity contribution in [1.82, 2.24) is 4.37 Å². The van der Waals surface area contributed by atoms with Gasteiger partial charge in [-0.1, -0.05) is 29.8 Å². The number of carbonyl (C=O) groups is 1. The molecular weight excluding hydrogens is 230 g/mol. The summed E-state index contributed by atoms with van der Waals surface area (Å²) in [5.74, 6) is 0. The largest absolute Gasteiger partial charge is 0.297 e. The van der Waals surface area contributed by atoms with Crippen LogP contribution >= 0.6 is 23.1 Å². The van der Waals surface area contributed by atoms with Gasteiger partial charge in [-0.3, -0.25) is 4.79 Å². The van der Waals surface area contributed by atoms with E-state index in [1.165, 1.54) is 11.5 Å². The lowest BCUT2D eigenvalue weighted by Crippen LogP contribution is -1.88. The van der Waals surface area contributed by atoms with E-state index in [1.807, 2.05) is 24.3 Å². The number of benzene rings is 1. The number of rotatable bonds is 3. The monoisotopic (exact) mass is 237 g/mol. The zero-order chi connectivity index (χ0) is 10.7. The molecule has 1 aromatic carbocycles. The first-order valence-electron chi connectivity index (χ1n) is 4.44. The highest BCUT2D eigenvalue weighted by Crippen LogP contribution is 2.19. The van der Waals surface area contributed by atoms with Gasteiger partial charge < -0.3 is 0 Å². The fourth-order valence-corrected chi connectivity index (χ4v) is 2.08. The van der Waals surface area contributed by atoms with Gasteiger partial charge in [0, 0.05) is 11.4 Å². The van der Waals surface area contributed by atoms with Crippen LogP contribution in [-0.4, -0.2) is 10.7 Å². The van der Waals surface area contributed by atoms with Crippen molar-refractivity contribution in [2.24, 2.45) is 0 Å². The summed E-state index contributed by atoms with van der Waals surface area (Å²) in [5.41, 5.74) is 1.91. The molecule has 2 nitrogen and oxygen atoms in total. The zero-order valence-corrected chi connectivity index (χ0v) is 9.39. The van der Waals surface area contributed by atoms with Crippen LogP contribution in [0.2, 0.25) is 5.02 Å². The average molecular weight is 238 g/mol. The van der Waals surface area contributed by atoms with Gasteiger partial charge in [0.25, 0.3) is 0 Å². The summed E-state index contributed by atoms with van der Waals surface area (Å²) in [5, 5.41) is 0.734. The van der Waals surface area contributed by atoms with E-state index in [1.54, 1.807) is 6.07 Å². The number of aldehydes is 1. The number of aromatic nitrogens is 1. The molecule has 4 heteroatoms. The van der Waals surface area contributed by atoms with Gasteiger partial charge in [-0.2, -0.15) is 4.37 Å². The van der Waals surface area contributed by atoms with Crippen molar-refractivity contribution in [3.63, 3.8) is 0 Å². The lowest BCUT2D eigenvalue weighted by Gasteiger charge is -2.00. The Balaban J connectivity index is 2.22. The van der Waals surface area contributed by atoms with Crippen LogP contribution in [0.3, 0.4) is 0 Å². The Kier molecular flexibility index (Phi) is 3.14. The van der Waals surface area contributed by atoms with Crippen molar-refractivity contribution in [3.8, 4) is 0 Å². The minimum atomic E-state index is 0.650. The highest BCUT2D eigenvalue weighted by molar-refractivity contribution is 7.07. The third-order valence-electron chi connectivity index (χ3n) is 2.02. The topological polar surface area (TPSA) is 30.0 Å². The van der Waals surface area contributed by atoms with Crippen molar-refractivity contribution in [1.29, 1.82) is 0 Å². The summed E-state index contributed by atoms with van der Waals surface area (Å²) in [6.07, 6.45) is 1.48. The summed E-state index contributed by atoms with van der Waals surface area (Å²) in [7, 11) is 0. The van der Waals surface area contributed by atoms with Crippen molar-refractivity contribution in [2.45, 2.75) is 6.42 Å². The molecule has 0 saturated heterocycles. The van der Waals surface area contributed by atoms with Gasteiger partial charge >= 0.3 is 0 Å². The van der Waals surface area contributed by atoms with Crippen LogP contribution < -0.4 is 0 Å². The normalized spacial score (nSPS) is 10.2.